The molecule has 0 spiro atoms. The fraction of sp³-hybridized carbons (Fsp3) is 0.300. The quantitative estimate of drug-likeness (QED) is 0.477. The number of halogens is 1. The highest BCUT2D eigenvalue weighted by Gasteiger charge is 2.17. The van der Waals surface area contributed by atoms with E-state index in [2.05, 4.69) is 27.8 Å². The Labute approximate surface area is 183 Å². The van der Waals surface area contributed by atoms with Gasteiger partial charge < -0.3 is 14.0 Å². The Bertz CT molecular complexity index is 1190. The van der Waals surface area contributed by atoms with Crippen LogP contribution in [0.5, 0.6) is 5.75 Å². The van der Waals surface area contributed by atoms with Gasteiger partial charge in [-0.2, -0.15) is 0 Å². The zero-order valence-electron chi connectivity index (χ0n) is 16.6. The van der Waals surface area contributed by atoms with Crippen molar-refractivity contribution >= 4 is 43.0 Å². The molecule has 0 bridgehead atoms. The van der Waals surface area contributed by atoms with Gasteiger partial charge in [0.2, 0.25) is 10.0 Å². The maximum Gasteiger partial charge on any atom is 0.338 e. The summed E-state index contributed by atoms with van der Waals surface area (Å²) in [6, 6.07) is 9.46. The summed E-state index contributed by atoms with van der Waals surface area (Å²) in [6.07, 6.45) is 1.86. The van der Waals surface area contributed by atoms with Gasteiger partial charge in [-0.05, 0) is 58.7 Å². The van der Waals surface area contributed by atoms with Gasteiger partial charge in [0, 0.05) is 6.54 Å². The molecule has 8 nitrogen and oxygen atoms in total. The predicted molar refractivity (Wildman–Crippen MR) is 116 cm³/mol. The average Bonchev–Trinajstić information content (AvgIpc) is 3.06. The Morgan fingerprint density at radius 3 is 2.63 bits per heavy atom. The number of primary sulfonamides is 1. The number of carbonyl (C=O) groups is 1. The number of ether oxygens (including phenoxy) is 2. The third-order valence-electron chi connectivity index (χ3n) is 4.58. The third kappa shape index (κ3) is 4.82. The standard InChI is InChI=1S/C20H22BrN3O5S/c1-3-4-9-24-17-7-6-14(30(22,26)27)11-16(17)23-19(24)12-29-20(25)13-5-8-18(28-2)15(21)10-13/h5-8,10-11H,3-4,9,12H2,1-2H3,(H2,22,26,27). The zero-order valence-corrected chi connectivity index (χ0v) is 19.0. The number of esters is 1. The van der Waals surface area contributed by atoms with Crippen LogP contribution in [-0.4, -0.2) is 31.0 Å². The summed E-state index contributed by atoms with van der Waals surface area (Å²) in [6.45, 7) is 2.69. The van der Waals surface area contributed by atoms with E-state index < -0.39 is 16.0 Å². The smallest absolute Gasteiger partial charge is 0.338 e. The van der Waals surface area contributed by atoms with Crippen molar-refractivity contribution in [3.05, 3.63) is 52.3 Å². The molecule has 3 rings (SSSR count). The summed E-state index contributed by atoms with van der Waals surface area (Å²) in [7, 11) is -2.29. The molecule has 160 valence electrons. The van der Waals surface area contributed by atoms with Gasteiger partial charge in [0.25, 0.3) is 0 Å². The molecule has 2 aromatic carbocycles. The van der Waals surface area contributed by atoms with Crippen molar-refractivity contribution in [2.75, 3.05) is 7.11 Å². The van der Waals surface area contributed by atoms with E-state index in [0.717, 1.165) is 18.4 Å². The molecule has 1 heterocycles. The maximum atomic E-state index is 12.5. The van der Waals surface area contributed by atoms with Crippen LogP contribution in [0.4, 0.5) is 0 Å². The van der Waals surface area contributed by atoms with Crippen molar-refractivity contribution in [2.24, 2.45) is 5.14 Å². The molecule has 0 amide bonds. The minimum Gasteiger partial charge on any atom is -0.496 e. The van der Waals surface area contributed by atoms with Crippen molar-refractivity contribution in [3.63, 3.8) is 0 Å². The number of sulfonamides is 1. The Hall–Kier alpha value is -2.43. The second kappa shape index (κ2) is 9.15. The molecule has 0 fully saturated rings. The van der Waals surface area contributed by atoms with Crippen LogP contribution in [-0.2, 0) is 27.9 Å². The van der Waals surface area contributed by atoms with Crippen molar-refractivity contribution in [1.29, 1.82) is 0 Å². The SMILES string of the molecule is CCCCn1c(COC(=O)c2ccc(OC)c(Br)c2)nc2cc(S(N)(=O)=O)ccc21. The second-order valence-electron chi connectivity index (χ2n) is 6.65. The molecule has 2 N–H and O–H groups in total. The molecule has 10 heteroatoms. The van der Waals surface area contributed by atoms with Gasteiger partial charge in [-0.15, -0.1) is 0 Å². The molecule has 1 aromatic heterocycles. The lowest BCUT2D eigenvalue weighted by Gasteiger charge is -2.10. The summed E-state index contributed by atoms with van der Waals surface area (Å²) in [5, 5.41) is 5.22. The Morgan fingerprint density at radius 2 is 2.00 bits per heavy atom. The number of methoxy groups -OCH3 is 1. The highest BCUT2D eigenvalue weighted by Crippen LogP contribution is 2.26. The highest BCUT2D eigenvalue weighted by atomic mass is 79.9. The number of fused-ring (bicyclic) bond motifs is 1. The third-order valence-corrected chi connectivity index (χ3v) is 6.11. The lowest BCUT2D eigenvalue weighted by atomic mass is 10.2. The first-order chi connectivity index (χ1) is 14.2. The number of unbranched alkanes of at least 4 members (excludes halogenated alkanes) is 1. The van der Waals surface area contributed by atoms with Crippen LogP contribution < -0.4 is 9.88 Å². The number of aromatic nitrogens is 2. The van der Waals surface area contributed by atoms with Gasteiger partial charge in [0.05, 0.1) is 33.1 Å². The van der Waals surface area contributed by atoms with Gasteiger partial charge in [-0.1, -0.05) is 13.3 Å². The number of carbonyl (C=O) groups excluding carboxylic acids is 1. The van der Waals surface area contributed by atoms with Crippen LogP contribution in [0.25, 0.3) is 11.0 Å². The topological polar surface area (TPSA) is 114 Å². The molecule has 0 unspecified atom stereocenters. The van der Waals surface area contributed by atoms with E-state index in [0.29, 0.717) is 33.7 Å². The number of hydrogen-bond acceptors (Lipinski definition) is 6. The van der Waals surface area contributed by atoms with Gasteiger partial charge >= 0.3 is 5.97 Å². The number of imidazole rings is 1. The number of nitrogens with zero attached hydrogens (tertiary/aromatic N) is 2. The minimum absolute atomic E-state index is 0.0123. The van der Waals surface area contributed by atoms with Crippen LogP contribution in [0.3, 0.4) is 0 Å². The monoisotopic (exact) mass is 495 g/mol. The van der Waals surface area contributed by atoms with Crippen LogP contribution in [0.2, 0.25) is 0 Å². The number of aryl methyl sites for hydroxylation is 1. The zero-order chi connectivity index (χ0) is 21.9. The first-order valence-electron chi connectivity index (χ1n) is 9.27. The summed E-state index contributed by atoms with van der Waals surface area (Å²) in [4.78, 5) is 17.0. The molecule has 0 aliphatic carbocycles. The van der Waals surface area contributed by atoms with Gasteiger partial charge in [0.15, 0.2) is 0 Å². The second-order valence-corrected chi connectivity index (χ2v) is 9.07. The highest BCUT2D eigenvalue weighted by molar-refractivity contribution is 9.10. The fourth-order valence-corrected chi connectivity index (χ4v) is 4.09. The molecule has 0 radical (unpaired) electrons. The predicted octanol–water partition coefficient (Wildman–Crippen LogP) is 3.61. The van der Waals surface area contributed by atoms with E-state index in [-0.39, 0.29) is 11.5 Å². The van der Waals surface area contributed by atoms with Gasteiger partial charge in [-0.25, -0.2) is 23.3 Å². The van der Waals surface area contributed by atoms with Crippen LogP contribution in [0, 0.1) is 0 Å². The first-order valence-corrected chi connectivity index (χ1v) is 11.6. The largest absolute Gasteiger partial charge is 0.496 e. The van der Waals surface area contributed by atoms with Crippen LogP contribution >= 0.6 is 15.9 Å². The Kier molecular flexibility index (Phi) is 6.79. The van der Waals surface area contributed by atoms with Crippen LogP contribution in [0.1, 0.15) is 35.9 Å². The molecule has 0 saturated carbocycles. The lowest BCUT2D eigenvalue weighted by molar-refractivity contribution is 0.0458. The molecule has 0 atom stereocenters. The summed E-state index contributed by atoms with van der Waals surface area (Å²) >= 11 is 3.35. The first kappa shape index (κ1) is 22.3. The van der Waals surface area contributed by atoms with Gasteiger partial charge in [-0.3, -0.25) is 0 Å². The molecule has 30 heavy (non-hydrogen) atoms. The molecular formula is C20H22BrN3O5S. The fourth-order valence-electron chi connectivity index (χ4n) is 3.02. The molecular weight excluding hydrogens is 474 g/mol. The van der Waals surface area contributed by atoms with Crippen LogP contribution in [0.15, 0.2) is 45.8 Å². The number of nitrogens with two attached hydrogens (primary N) is 1. The molecule has 0 aliphatic rings. The van der Waals surface area contributed by atoms with Crippen molar-refractivity contribution < 1.29 is 22.7 Å². The summed E-state index contributed by atoms with van der Waals surface area (Å²) in [5.74, 6) is 0.641. The Balaban J connectivity index is 1.88. The van der Waals surface area contributed by atoms with Crippen molar-refractivity contribution in [1.82, 2.24) is 9.55 Å². The Morgan fingerprint density at radius 1 is 1.23 bits per heavy atom. The summed E-state index contributed by atoms with van der Waals surface area (Å²) in [5.41, 5.74) is 1.61. The van der Waals surface area contributed by atoms with Gasteiger partial charge in [0.1, 0.15) is 18.2 Å². The van der Waals surface area contributed by atoms with Crippen molar-refractivity contribution in [2.45, 2.75) is 37.8 Å². The van der Waals surface area contributed by atoms with Crippen molar-refractivity contribution in [3.8, 4) is 5.75 Å². The number of benzene rings is 2. The lowest BCUT2D eigenvalue weighted by Crippen LogP contribution is -2.12. The normalized spacial score (nSPS) is 11.6. The van der Waals surface area contributed by atoms with E-state index in [9.17, 15) is 13.2 Å². The molecule has 0 aliphatic heterocycles. The van der Waals surface area contributed by atoms with E-state index in [1.165, 1.54) is 12.1 Å². The van der Waals surface area contributed by atoms with E-state index >= 15 is 0 Å². The molecule has 0 saturated heterocycles. The summed E-state index contributed by atoms with van der Waals surface area (Å²) < 4.78 is 36.5. The van der Waals surface area contributed by atoms with E-state index in [4.69, 9.17) is 14.6 Å². The average molecular weight is 496 g/mol. The van der Waals surface area contributed by atoms with E-state index in [1.54, 1.807) is 31.4 Å². The minimum atomic E-state index is -3.84. The number of rotatable bonds is 8. The number of hydrogen-bond donors (Lipinski definition) is 1. The maximum absolute atomic E-state index is 12.5. The molecule has 3 aromatic rings. The van der Waals surface area contributed by atoms with E-state index in [1.807, 2.05) is 4.57 Å².